The standard InChI is InChI=1S/C20H39NO/c1-3-5-7-9-10-11-12-13-15-17-20(21-18-19-22-21)16-14-8-6-4-2/h13,15,20H,3-12,14,16-19H2,1-2H3/b15-13-. The predicted molar refractivity (Wildman–Crippen MR) is 97.0 cm³/mol. The average molecular weight is 310 g/mol. The predicted octanol–water partition coefficient (Wildman–Crippen LogP) is 6.27. The van der Waals surface area contributed by atoms with Gasteiger partial charge in [-0.25, -0.2) is 0 Å². The fraction of sp³-hybridized carbons (Fsp3) is 0.900. The van der Waals surface area contributed by atoms with Crippen molar-refractivity contribution in [2.45, 2.75) is 103 Å². The van der Waals surface area contributed by atoms with Crippen LogP contribution in [0.25, 0.3) is 0 Å². The smallest absolute Gasteiger partial charge is 0.0835 e. The first-order valence-corrected chi connectivity index (χ1v) is 9.93. The van der Waals surface area contributed by atoms with E-state index in [9.17, 15) is 0 Å². The topological polar surface area (TPSA) is 12.5 Å². The number of hydrogen-bond donors (Lipinski definition) is 0. The quantitative estimate of drug-likeness (QED) is 0.261. The molecule has 1 atom stereocenters. The van der Waals surface area contributed by atoms with Gasteiger partial charge in [0.1, 0.15) is 0 Å². The fourth-order valence-electron chi connectivity index (χ4n) is 3.08. The lowest BCUT2D eigenvalue weighted by molar-refractivity contribution is -0.270. The van der Waals surface area contributed by atoms with E-state index < -0.39 is 0 Å². The third kappa shape index (κ3) is 9.63. The van der Waals surface area contributed by atoms with Crippen LogP contribution in [0.4, 0.5) is 0 Å². The van der Waals surface area contributed by atoms with Crippen LogP contribution in [-0.4, -0.2) is 24.3 Å². The highest BCUT2D eigenvalue weighted by Crippen LogP contribution is 2.19. The zero-order valence-electron chi connectivity index (χ0n) is 15.2. The summed E-state index contributed by atoms with van der Waals surface area (Å²) >= 11 is 0. The molecule has 0 aromatic heterocycles. The molecule has 2 heteroatoms. The van der Waals surface area contributed by atoms with E-state index in [4.69, 9.17) is 4.84 Å². The third-order valence-electron chi connectivity index (χ3n) is 4.67. The Morgan fingerprint density at radius 2 is 1.50 bits per heavy atom. The molecular formula is C20H39NO. The van der Waals surface area contributed by atoms with Crippen molar-refractivity contribution in [2.24, 2.45) is 0 Å². The molecule has 1 aliphatic heterocycles. The maximum atomic E-state index is 5.58. The van der Waals surface area contributed by atoms with E-state index in [2.05, 4.69) is 31.1 Å². The Balaban J connectivity index is 2.04. The summed E-state index contributed by atoms with van der Waals surface area (Å²) in [4.78, 5) is 5.58. The summed E-state index contributed by atoms with van der Waals surface area (Å²) in [7, 11) is 0. The van der Waals surface area contributed by atoms with Crippen LogP contribution in [0.15, 0.2) is 12.2 Å². The molecule has 0 N–H and O–H groups in total. The van der Waals surface area contributed by atoms with Gasteiger partial charge in [0.2, 0.25) is 0 Å². The van der Waals surface area contributed by atoms with Crippen LogP contribution in [0.5, 0.6) is 0 Å². The lowest BCUT2D eigenvalue weighted by Crippen LogP contribution is -2.46. The largest absolute Gasteiger partial charge is 0.297 e. The summed E-state index contributed by atoms with van der Waals surface area (Å²) in [6, 6.07) is 0.617. The van der Waals surface area contributed by atoms with Crippen molar-refractivity contribution in [3.8, 4) is 0 Å². The Hall–Kier alpha value is -0.340. The molecule has 22 heavy (non-hydrogen) atoms. The van der Waals surface area contributed by atoms with Gasteiger partial charge in [-0.3, -0.25) is 4.84 Å². The molecule has 0 aromatic carbocycles. The van der Waals surface area contributed by atoms with Crippen LogP contribution in [0, 0.1) is 0 Å². The van der Waals surface area contributed by atoms with Crippen LogP contribution in [0.3, 0.4) is 0 Å². The van der Waals surface area contributed by atoms with Gasteiger partial charge in [-0.15, -0.1) is 0 Å². The van der Waals surface area contributed by atoms with Crippen molar-refractivity contribution in [1.29, 1.82) is 0 Å². The molecule has 1 aliphatic rings. The summed E-state index contributed by atoms with van der Waals surface area (Å²) in [5.41, 5.74) is 0. The summed E-state index contributed by atoms with van der Waals surface area (Å²) in [6.07, 6.45) is 22.3. The summed E-state index contributed by atoms with van der Waals surface area (Å²) in [5.74, 6) is 0. The van der Waals surface area contributed by atoms with E-state index in [-0.39, 0.29) is 0 Å². The summed E-state index contributed by atoms with van der Waals surface area (Å²) in [6.45, 7) is 6.61. The van der Waals surface area contributed by atoms with Gasteiger partial charge in [0.15, 0.2) is 0 Å². The van der Waals surface area contributed by atoms with Crippen molar-refractivity contribution in [3.05, 3.63) is 12.2 Å². The molecule has 130 valence electrons. The molecule has 1 unspecified atom stereocenters. The van der Waals surface area contributed by atoms with E-state index >= 15 is 0 Å². The zero-order valence-corrected chi connectivity index (χ0v) is 15.2. The van der Waals surface area contributed by atoms with Gasteiger partial charge < -0.3 is 0 Å². The van der Waals surface area contributed by atoms with Gasteiger partial charge in [-0.2, -0.15) is 5.06 Å². The first kappa shape index (κ1) is 19.7. The Bertz CT molecular complexity index is 260. The molecule has 1 fully saturated rings. The van der Waals surface area contributed by atoms with Crippen LogP contribution >= 0.6 is 0 Å². The second-order valence-corrected chi connectivity index (χ2v) is 6.74. The number of nitrogens with zero attached hydrogens (tertiary/aromatic N) is 1. The van der Waals surface area contributed by atoms with Gasteiger partial charge in [-0.1, -0.05) is 83.8 Å². The number of allylic oxidation sites excluding steroid dienone is 1. The molecule has 0 amide bonds. The minimum Gasteiger partial charge on any atom is -0.297 e. The van der Waals surface area contributed by atoms with Gasteiger partial charge in [0, 0.05) is 12.6 Å². The summed E-state index contributed by atoms with van der Waals surface area (Å²) < 4.78 is 0. The van der Waals surface area contributed by atoms with E-state index in [1.54, 1.807) is 0 Å². The van der Waals surface area contributed by atoms with E-state index in [0.29, 0.717) is 6.04 Å². The van der Waals surface area contributed by atoms with Gasteiger partial charge >= 0.3 is 0 Å². The number of unbranched alkanes of at least 4 members (excludes halogenated alkanes) is 9. The SMILES string of the molecule is CCCCCCCC/C=C\CC(CCCCCC)N1CCO1. The minimum atomic E-state index is 0.617. The Labute approximate surface area is 139 Å². The van der Waals surface area contributed by atoms with Gasteiger partial charge in [0.25, 0.3) is 0 Å². The molecule has 1 rings (SSSR count). The molecule has 0 radical (unpaired) electrons. The molecular weight excluding hydrogens is 270 g/mol. The van der Waals surface area contributed by atoms with Crippen molar-refractivity contribution in [1.82, 2.24) is 5.06 Å². The van der Waals surface area contributed by atoms with Crippen molar-refractivity contribution < 1.29 is 4.84 Å². The molecule has 0 bridgehead atoms. The van der Waals surface area contributed by atoms with Crippen molar-refractivity contribution in [2.75, 3.05) is 13.2 Å². The van der Waals surface area contributed by atoms with E-state index in [0.717, 1.165) is 13.2 Å². The lowest BCUT2D eigenvalue weighted by Gasteiger charge is -2.37. The molecule has 1 saturated heterocycles. The van der Waals surface area contributed by atoms with Crippen LogP contribution in [0.1, 0.15) is 97.3 Å². The Morgan fingerprint density at radius 1 is 0.864 bits per heavy atom. The van der Waals surface area contributed by atoms with E-state index in [1.807, 2.05) is 0 Å². The normalized spacial score (nSPS) is 17.0. The average Bonchev–Trinajstić information content (AvgIpc) is 2.47. The van der Waals surface area contributed by atoms with Gasteiger partial charge in [0.05, 0.1) is 6.61 Å². The first-order chi connectivity index (χ1) is 10.9. The van der Waals surface area contributed by atoms with Gasteiger partial charge in [-0.05, 0) is 25.7 Å². The molecule has 0 spiro atoms. The van der Waals surface area contributed by atoms with Crippen molar-refractivity contribution >= 4 is 0 Å². The first-order valence-electron chi connectivity index (χ1n) is 9.93. The van der Waals surface area contributed by atoms with Crippen LogP contribution < -0.4 is 0 Å². The lowest BCUT2D eigenvalue weighted by atomic mass is 10.0. The highest BCUT2D eigenvalue weighted by Gasteiger charge is 2.23. The molecule has 0 saturated carbocycles. The highest BCUT2D eigenvalue weighted by atomic mass is 16.7. The molecule has 2 nitrogen and oxygen atoms in total. The minimum absolute atomic E-state index is 0.617. The third-order valence-corrected chi connectivity index (χ3v) is 4.67. The number of hydroxylamine groups is 2. The second-order valence-electron chi connectivity index (χ2n) is 6.74. The number of hydrogen-bond acceptors (Lipinski definition) is 2. The molecule has 0 aliphatic carbocycles. The monoisotopic (exact) mass is 309 g/mol. The Kier molecular flexibility index (Phi) is 12.8. The zero-order chi connectivity index (χ0) is 15.9. The van der Waals surface area contributed by atoms with Crippen molar-refractivity contribution in [3.63, 3.8) is 0 Å². The van der Waals surface area contributed by atoms with Crippen LogP contribution in [0.2, 0.25) is 0 Å². The maximum Gasteiger partial charge on any atom is 0.0835 e. The maximum absolute atomic E-state index is 5.58. The molecule has 0 aromatic rings. The second kappa shape index (κ2) is 14.3. The Morgan fingerprint density at radius 3 is 2.14 bits per heavy atom. The molecule has 1 heterocycles. The number of rotatable bonds is 15. The summed E-state index contributed by atoms with van der Waals surface area (Å²) in [5, 5.41) is 2.21. The fourth-order valence-corrected chi connectivity index (χ4v) is 3.08. The van der Waals surface area contributed by atoms with E-state index in [1.165, 1.54) is 83.5 Å². The van der Waals surface area contributed by atoms with Crippen LogP contribution in [-0.2, 0) is 4.84 Å². The highest BCUT2D eigenvalue weighted by molar-refractivity contribution is 4.87.